The molecule has 1 aliphatic rings. The van der Waals surface area contributed by atoms with Crippen molar-refractivity contribution in [2.75, 3.05) is 12.3 Å². The van der Waals surface area contributed by atoms with Crippen molar-refractivity contribution < 1.29 is 4.79 Å². The maximum Gasteiger partial charge on any atom is 0.271 e. The number of aryl methyl sites for hydroxylation is 2. The lowest BCUT2D eigenvalue weighted by molar-refractivity contribution is 0.0942. The van der Waals surface area contributed by atoms with Gasteiger partial charge in [0.05, 0.1) is 11.4 Å². The summed E-state index contributed by atoms with van der Waals surface area (Å²) >= 11 is 0. The van der Waals surface area contributed by atoms with Gasteiger partial charge in [-0.2, -0.15) is 5.10 Å². The lowest BCUT2D eigenvalue weighted by Gasteiger charge is -2.06. The summed E-state index contributed by atoms with van der Waals surface area (Å²) in [7, 11) is 0. The Kier molecular flexibility index (Phi) is 2.85. The van der Waals surface area contributed by atoms with Gasteiger partial charge in [-0.05, 0) is 32.6 Å². The molecule has 0 unspecified atom stereocenters. The SMILES string of the molecule is CCn1nc(C)c(N)c1C(=O)NCC1CC1. The zero-order valence-electron chi connectivity index (χ0n) is 9.79. The number of nitrogens with two attached hydrogens (primary N) is 1. The molecule has 5 heteroatoms. The second kappa shape index (κ2) is 4.15. The van der Waals surface area contributed by atoms with E-state index in [1.165, 1.54) is 12.8 Å². The summed E-state index contributed by atoms with van der Waals surface area (Å²) in [4.78, 5) is 11.9. The van der Waals surface area contributed by atoms with Crippen LogP contribution in [0, 0.1) is 12.8 Å². The predicted octanol–water partition coefficient (Wildman–Crippen LogP) is 0.933. The van der Waals surface area contributed by atoms with Crippen LogP contribution in [0.3, 0.4) is 0 Å². The molecule has 1 heterocycles. The van der Waals surface area contributed by atoms with E-state index in [2.05, 4.69) is 10.4 Å². The summed E-state index contributed by atoms with van der Waals surface area (Å²) in [5.41, 5.74) is 7.57. The second-order valence-electron chi connectivity index (χ2n) is 4.32. The second-order valence-corrected chi connectivity index (χ2v) is 4.32. The van der Waals surface area contributed by atoms with Crippen LogP contribution in [-0.4, -0.2) is 22.2 Å². The molecule has 0 saturated heterocycles. The van der Waals surface area contributed by atoms with Crippen molar-refractivity contribution in [1.29, 1.82) is 0 Å². The average molecular weight is 222 g/mol. The molecular formula is C11H18N4O. The largest absolute Gasteiger partial charge is 0.395 e. The zero-order valence-corrected chi connectivity index (χ0v) is 9.79. The van der Waals surface area contributed by atoms with Crippen molar-refractivity contribution in [2.45, 2.75) is 33.2 Å². The smallest absolute Gasteiger partial charge is 0.271 e. The Balaban J connectivity index is 2.13. The molecule has 1 aromatic rings. The summed E-state index contributed by atoms with van der Waals surface area (Å²) in [5.74, 6) is 0.566. The molecule has 1 amide bonds. The Morgan fingerprint density at radius 3 is 2.88 bits per heavy atom. The molecule has 1 aliphatic carbocycles. The van der Waals surface area contributed by atoms with Gasteiger partial charge < -0.3 is 11.1 Å². The van der Waals surface area contributed by atoms with Crippen molar-refractivity contribution in [3.05, 3.63) is 11.4 Å². The number of rotatable bonds is 4. The van der Waals surface area contributed by atoms with Gasteiger partial charge in [-0.1, -0.05) is 0 Å². The van der Waals surface area contributed by atoms with Gasteiger partial charge in [0, 0.05) is 13.1 Å². The first-order valence-corrected chi connectivity index (χ1v) is 5.74. The summed E-state index contributed by atoms with van der Waals surface area (Å²) in [5, 5.41) is 7.13. The summed E-state index contributed by atoms with van der Waals surface area (Å²) in [6.07, 6.45) is 2.45. The van der Waals surface area contributed by atoms with Crippen LogP contribution in [0.25, 0.3) is 0 Å². The first-order valence-electron chi connectivity index (χ1n) is 5.74. The van der Waals surface area contributed by atoms with Crippen molar-refractivity contribution in [2.24, 2.45) is 5.92 Å². The van der Waals surface area contributed by atoms with Crippen molar-refractivity contribution >= 4 is 11.6 Å². The van der Waals surface area contributed by atoms with Gasteiger partial charge >= 0.3 is 0 Å². The first-order chi connectivity index (χ1) is 7.63. The van der Waals surface area contributed by atoms with E-state index in [0.717, 1.165) is 12.2 Å². The van der Waals surface area contributed by atoms with Crippen molar-refractivity contribution in [3.8, 4) is 0 Å². The van der Waals surface area contributed by atoms with Crippen LogP contribution in [0.5, 0.6) is 0 Å². The molecule has 0 atom stereocenters. The van der Waals surface area contributed by atoms with Gasteiger partial charge in [0.25, 0.3) is 5.91 Å². The predicted molar refractivity (Wildman–Crippen MR) is 62.1 cm³/mol. The van der Waals surface area contributed by atoms with E-state index in [0.29, 0.717) is 23.8 Å². The summed E-state index contributed by atoms with van der Waals surface area (Å²) in [6.45, 7) is 5.18. The fourth-order valence-corrected chi connectivity index (χ4v) is 1.71. The molecule has 0 aromatic carbocycles. The van der Waals surface area contributed by atoms with Gasteiger partial charge in [0.2, 0.25) is 0 Å². The quantitative estimate of drug-likeness (QED) is 0.796. The number of hydrogen-bond donors (Lipinski definition) is 2. The van der Waals surface area contributed by atoms with E-state index in [1.807, 2.05) is 13.8 Å². The number of carbonyl (C=O) groups excluding carboxylic acids is 1. The summed E-state index contributed by atoms with van der Waals surface area (Å²) in [6, 6.07) is 0. The molecule has 3 N–H and O–H groups in total. The first kappa shape index (κ1) is 11.0. The van der Waals surface area contributed by atoms with E-state index < -0.39 is 0 Å². The Labute approximate surface area is 95.0 Å². The van der Waals surface area contributed by atoms with E-state index in [1.54, 1.807) is 4.68 Å². The zero-order chi connectivity index (χ0) is 11.7. The topological polar surface area (TPSA) is 72.9 Å². The van der Waals surface area contributed by atoms with Crippen molar-refractivity contribution in [3.63, 3.8) is 0 Å². The third kappa shape index (κ3) is 2.03. The third-order valence-corrected chi connectivity index (χ3v) is 2.94. The normalized spacial score (nSPS) is 15.1. The lowest BCUT2D eigenvalue weighted by atomic mass is 10.3. The maximum absolute atomic E-state index is 11.9. The van der Waals surface area contributed by atoms with E-state index >= 15 is 0 Å². The molecule has 16 heavy (non-hydrogen) atoms. The van der Waals surface area contributed by atoms with E-state index in [-0.39, 0.29) is 5.91 Å². The standard InChI is InChI=1S/C11H18N4O/c1-3-15-10(9(12)7(2)14-15)11(16)13-6-8-4-5-8/h8H,3-6,12H2,1-2H3,(H,13,16). The molecule has 2 rings (SSSR count). The number of aromatic nitrogens is 2. The average Bonchev–Trinajstić information content (AvgIpc) is 3.04. The Hall–Kier alpha value is -1.52. The molecule has 1 aromatic heterocycles. The number of amides is 1. The molecule has 0 bridgehead atoms. The molecule has 1 saturated carbocycles. The molecule has 0 spiro atoms. The number of anilines is 1. The highest BCUT2D eigenvalue weighted by molar-refractivity contribution is 5.97. The maximum atomic E-state index is 11.9. The van der Waals surface area contributed by atoms with Gasteiger partial charge in [-0.3, -0.25) is 9.48 Å². The minimum atomic E-state index is -0.105. The van der Waals surface area contributed by atoms with Gasteiger partial charge in [0.15, 0.2) is 0 Å². The highest BCUT2D eigenvalue weighted by atomic mass is 16.2. The van der Waals surface area contributed by atoms with Crippen LogP contribution in [0.2, 0.25) is 0 Å². The lowest BCUT2D eigenvalue weighted by Crippen LogP contribution is -2.28. The monoisotopic (exact) mass is 222 g/mol. The molecule has 88 valence electrons. The number of nitrogens with one attached hydrogen (secondary N) is 1. The minimum Gasteiger partial charge on any atom is -0.395 e. The number of carbonyl (C=O) groups is 1. The van der Waals surface area contributed by atoms with Crippen LogP contribution in [0.15, 0.2) is 0 Å². The number of nitrogen functional groups attached to an aromatic ring is 1. The Bertz CT molecular complexity index is 406. The number of nitrogens with zero attached hydrogens (tertiary/aromatic N) is 2. The number of hydrogen-bond acceptors (Lipinski definition) is 3. The molecule has 0 radical (unpaired) electrons. The molecule has 0 aliphatic heterocycles. The molecular weight excluding hydrogens is 204 g/mol. The Morgan fingerprint density at radius 2 is 2.31 bits per heavy atom. The summed E-state index contributed by atoms with van der Waals surface area (Å²) < 4.78 is 1.66. The van der Waals surface area contributed by atoms with Crippen LogP contribution >= 0.6 is 0 Å². The van der Waals surface area contributed by atoms with Crippen LogP contribution < -0.4 is 11.1 Å². The van der Waals surface area contributed by atoms with Crippen LogP contribution in [0.4, 0.5) is 5.69 Å². The Morgan fingerprint density at radius 1 is 1.62 bits per heavy atom. The van der Waals surface area contributed by atoms with Crippen LogP contribution in [-0.2, 0) is 6.54 Å². The van der Waals surface area contributed by atoms with E-state index in [4.69, 9.17) is 5.73 Å². The van der Waals surface area contributed by atoms with E-state index in [9.17, 15) is 4.79 Å². The highest BCUT2D eigenvalue weighted by Crippen LogP contribution is 2.27. The van der Waals surface area contributed by atoms with Crippen molar-refractivity contribution in [1.82, 2.24) is 15.1 Å². The third-order valence-electron chi connectivity index (χ3n) is 2.94. The van der Waals surface area contributed by atoms with Gasteiger partial charge in [-0.25, -0.2) is 0 Å². The molecule has 5 nitrogen and oxygen atoms in total. The fourth-order valence-electron chi connectivity index (χ4n) is 1.71. The fraction of sp³-hybridized carbons (Fsp3) is 0.636. The highest BCUT2D eigenvalue weighted by Gasteiger charge is 2.24. The molecule has 1 fully saturated rings. The van der Waals surface area contributed by atoms with Crippen LogP contribution in [0.1, 0.15) is 35.9 Å². The van der Waals surface area contributed by atoms with Gasteiger partial charge in [0.1, 0.15) is 5.69 Å². The minimum absolute atomic E-state index is 0.105. The van der Waals surface area contributed by atoms with Gasteiger partial charge in [-0.15, -0.1) is 0 Å².